The topological polar surface area (TPSA) is 59.8 Å². The fraction of sp³-hybridized carbons (Fsp3) is 0.312. The lowest BCUT2D eigenvalue weighted by molar-refractivity contribution is -0.139. The van der Waals surface area contributed by atoms with E-state index >= 15 is 0 Å². The Bertz CT molecular complexity index is 581. The first-order valence-corrected chi connectivity index (χ1v) is 6.56. The molecule has 1 aromatic rings. The van der Waals surface area contributed by atoms with Crippen LogP contribution in [0.25, 0.3) is 10.9 Å². The molecule has 5 heteroatoms. The zero-order valence-electron chi connectivity index (χ0n) is 12.3. The lowest BCUT2D eigenvalue weighted by atomic mass is 10.1. The first kappa shape index (κ1) is 16.4. The van der Waals surface area contributed by atoms with Gasteiger partial charge in [0.1, 0.15) is 0 Å². The van der Waals surface area contributed by atoms with Gasteiger partial charge in [-0.05, 0) is 29.7 Å². The number of amides is 1. The number of ether oxygens (including phenoxy) is 1. The van der Waals surface area contributed by atoms with Crippen LogP contribution in [0.1, 0.15) is 26.3 Å². The lowest BCUT2D eigenvalue weighted by Crippen LogP contribution is -2.10. The van der Waals surface area contributed by atoms with E-state index in [9.17, 15) is 9.59 Å². The third-order valence-corrected chi connectivity index (χ3v) is 2.41. The van der Waals surface area contributed by atoms with E-state index in [2.05, 4.69) is 10.2 Å². The molecule has 21 heavy (non-hydrogen) atoms. The standard InChI is InChI=1S/C16H18N2O3/c1-11(2)10-21-16(20)15(17-4)9-13-5-7-14(8-6-13)18-12(3)19/h5-9,11H,10H2,1-3H3,(H,18,19)/b15-9-. The van der Waals surface area contributed by atoms with Crippen molar-refractivity contribution < 1.29 is 14.3 Å². The van der Waals surface area contributed by atoms with Gasteiger partial charge in [-0.1, -0.05) is 26.0 Å². The van der Waals surface area contributed by atoms with Crippen LogP contribution in [0.4, 0.5) is 5.69 Å². The number of carbonyl (C=O) groups is 2. The number of esters is 1. The second kappa shape index (κ2) is 7.85. The van der Waals surface area contributed by atoms with Crippen LogP contribution in [0, 0.1) is 12.5 Å². The van der Waals surface area contributed by atoms with Crippen LogP contribution in [-0.4, -0.2) is 18.5 Å². The van der Waals surface area contributed by atoms with E-state index in [1.54, 1.807) is 24.3 Å². The molecule has 0 saturated carbocycles. The molecule has 1 rings (SSSR count). The predicted molar refractivity (Wildman–Crippen MR) is 81.1 cm³/mol. The molecule has 0 spiro atoms. The number of nitrogens with one attached hydrogen (secondary N) is 1. The molecular formula is C16H18N2O3. The quantitative estimate of drug-likeness (QED) is 0.514. The summed E-state index contributed by atoms with van der Waals surface area (Å²) < 4.78 is 5.03. The summed E-state index contributed by atoms with van der Waals surface area (Å²) in [6.45, 7) is 12.6. The Hall–Kier alpha value is -2.61. The maximum absolute atomic E-state index is 11.7. The number of anilines is 1. The molecule has 0 heterocycles. The molecule has 5 nitrogen and oxygen atoms in total. The summed E-state index contributed by atoms with van der Waals surface area (Å²) in [6.07, 6.45) is 1.47. The first-order valence-electron chi connectivity index (χ1n) is 6.56. The Morgan fingerprint density at radius 2 is 1.95 bits per heavy atom. The summed E-state index contributed by atoms with van der Waals surface area (Å²) >= 11 is 0. The van der Waals surface area contributed by atoms with E-state index in [1.165, 1.54) is 13.0 Å². The molecule has 1 amide bonds. The molecule has 1 aromatic carbocycles. The fourth-order valence-electron chi connectivity index (χ4n) is 1.48. The van der Waals surface area contributed by atoms with Crippen molar-refractivity contribution in [3.05, 3.63) is 46.9 Å². The van der Waals surface area contributed by atoms with E-state index in [1.807, 2.05) is 13.8 Å². The van der Waals surface area contributed by atoms with Gasteiger partial charge in [0.2, 0.25) is 5.91 Å². The largest absolute Gasteiger partial charge is 0.470 e. The SMILES string of the molecule is [C-]#[N+]/C(=C\c1ccc(NC(C)=O)cc1)C(=O)OCC(C)C. The number of hydrogen-bond donors (Lipinski definition) is 1. The molecule has 0 unspecified atom stereocenters. The minimum Gasteiger partial charge on any atom is -0.470 e. The Morgan fingerprint density at radius 1 is 1.33 bits per heavy atom. The number of benzene rings is 1. The van der Waals surface area contributed by atoms with Gasteiger partial charge >= 0.3 is 5.97 Å². The van der Waals surface area contributed by atoms with Crippen molar-refractivity contribution in [2.75, 3.05) is 11.9 Å². The monoisotopic (exact) mass is 286 g/mol. The van der Waals surface area contributed by atoms with Gasteiger partial charge in [0.15, 0.2) is 0 Å². The van der Waals surface area contributed by atoms with Crippen molar-refractivity contribution in [1.82, 2.24) is 0 Å². The van der Waals surface area contributed by atoms with Gasteiger partial charge in [0, 0.05) is 12.6 Å². The zero-order chi connectivity index (χ0) is 15.8. The van der Waals surface area contributed by atoms with Crippen molar-refractivity contribution in [3.63, 3.8) is 0 Å². The summed E-state index contributed by atoms with van der Waals surface area (Å²) in [4.78, 5) is 25.8. The predicted octanol–water partition coefficient (Wildman–Crippen LogP) is 3.10. The van der Waals surface area contributed by atoms with Gasteiger partial charge in [0.05, 0.1) is 13.2 Å². The molecule has 0 saturated heterocycles. The smallest absolute Gasteiger partial charge is 0.336 e. The van der Waals surface area contributed by atoms with Crippen LogP contribution in [0.15, 0.2) is 30.0 Å². The van der Waals surface area contributed by atoms with Gasteiger partial charge in [0.25, 0.3) is 5.70 Å². The van der Waals surface area contributed by atoms with Crippen LogP contribution in [-0.2, 0) is 14.3 Å². The number of carbonyl (C=O) groups excluding carboxylic acids is 2. The van der Waals surface area contributed by atoms with Gasteiger partial charge in [-0.3, -0.25) is 9.59 Å². The molecule has 0 aliphatic heterocycles. The van der Waals surface area contributed by atoms with Crippen molar-refractivity contribution in [1.29, 1.82) is 0 Å². The average molecular weight is 286 g/mol. The van der Waals surface area contributed by atoms with Crippen LogP contribution in [0.5, 0.6) is 0 Å². The summed E-state index contributed by atoms with van der Waals surface area (Å²) in [5, 5.41) is 2.64. The Labute approximate surface area is 124 Å². The highest BCUT2D eigenvalue weighted by atomic mass is 16.5. The maximum Gasteiger partial charge on any atom is 0.336 e. The molecule has 0 aromatic heterocycles. The molecule has 0 fully saturated rings. The average Bonchev–Trinajstić information content (AvgIpc) is 2.43. The molecular weight excluding hydrogens is 268 g/mol. The van der Waals surface area contributed by atoms with E-state index in [0.717, 1.165) is 0 Å². The second-order valence-electron chi connectivity index (χ2n) is 4.94. The van der Waals surface area contributed by atoms with E-state index in [-0.39, 0.29) is 24.1 Å². The van der Waals surface area contributed by atoms with Crippen molar-refractivity contribution in [3.8, 4) is 0 Å². The zero-order valence-corrected chi connectivity index (χ0v) is 12.3. The fourth-order valence-corrected chi connectivity index (χ4v) is 1.48. The summed E-state index contributed by atoms with van der Waals surface area (Å²) in [5.41, 5.74) is 1.28. The highest BCUT2D eigenvalue weighted by Gasteiger charge is 2.12. The lowest BCUT2D eigenvalue weighted by Gasteiger charge is -2.06. The maximum atomic E-state index is 11.7. The highest BCUT2D eigenvalue weighted by Crippen LogP contribution is 2.14. The minimum atomic E-state index is -0.621. The summed E-state index contributed by atoms with van der Waals surface area (Å²) in [6, 6.07) is 6.83. The third-order valence-electron chi connectivity index (χ3n) is 2.41. The van der Waals surface area contributed by atoms with Crippen LogP contribution in [0.3, 0.4) is 0 Å². The molecule has 1 N–H and O–H groups in total. The number of hydrogen-bond acceptors (Lipinski definition) is 3. The van der Waals surface area contributed by atoms with E-state index in [0.29, 0.717) is 11.3 Å². The molecule has 0 aliphatic rings. The van der Waals surface area contributed by atoms with Crippen LogP contribution >= 0.6 is 0 Å². The van der Waals surface area contributed by atoms with Gasteiger partial charge in [-0.2, -0.15) is 0 Å². The van der Waals surface area contributed by atoms with Crippen LogP contribution < -0.4 is 5.32 Å². The minimum absolute atomic E-state index is 0.0667. The third kappa shape index (κ3) is 5.91. The molecule has 110 valence electrons. The van der Waals surface area contributed by atoms with Crippen molar-refractivity contribution >= 4 is 23.6 Å². The van der Waals surface area contributed by atoms with Gasteiger partial charge < -0.3 is 10.1 Å². The summed E-state index contributed by atoms with van der Waals surface area (Å²) in [5.74, 6) is -0.556. The summed E-state index contributed by atoms with van der Waals surface area (Å²) in [7, 11) is 0. The first-order chi connectivity index (χ1) is 9.92. The van der Waals surface area contributed by atoms with Gasteiger partial charge in [-0.15, -0.1) is 0 Å². The van der Waals surface area contributed by atoms with E-state index in [4.69, 9.17) is 11.3 Å². The van der Waals surface area contributed by atoms with Crippen LogP contribution in [0.2, 0.25) is 0 Å². The Balaban J connectivity index is 2.81. The molecule has 0 aliphatic carbocycles. The number of rotatable bonds is 5. The second-order valence-corrected chi connectivity index (χ2v) is 4.94. The van der Waals surface area contributed by atoms with Crippen molar-refractivity contribution in [2.45, 2.75) is 20.8 Å². The molecule has 0 radical (unpaired) electrons. The highest BCUT2D eigenvalue weighted by molar-refractivity contribution is 5.95. The molecule has 0 bridgehead atoms. The number of nitrogens with zero attached hydrogens (tertiary/aromatic N) is 1. The molecule has 0 atom stereocenters. The Morgan fingerprint density at radius 3 is 2.43 bits per heavy atom. The van der Waals surface area contributed by atoms with E-state index < -0.39 is 5.97 Å². The normalized spacial score (nSPS) is 10.9. The van der Waals surface area contributed by atoms with Gasteiger partial charge in [-0.25, -0.2) is 4.85 Å². The Kier molecular flexibility index (Phi) is 6.15. The van der Waals surface area contributed by atoms with Crippen molar-refractivity contribution in [2.24, 2.45) is 5.92 Å².